The smallest absolute Gasteiger partial charge is 0.251 e. The Bertz CT molecular complexity index is 684. The van der Waals surface area contributed by atoms with Gasteiger partial charge in [-0.2, -0.15) is 4.31 Å². The van der Waals surface area contributed by atoms with Gasteiger partial charge in [0.25, 0.3) is 5.91 Å². The number of nitrogens with one attached hydrogen (secondary N) is 1. The lowest BCUT2D eigenvalue weighted by Gasteiger charge is -2.26. The van der Waals surface area contributed by atoms with Crippen LogP contribution in [-0.2, 0) is 14.8 Å². The van der Waals surface area contributed by atoms with E-state index in [9.17, 15) is 13.2 Å². The van der Waals surface area contributed by atoms with Crippen molar-refractivity contribution in [1.29, 1.82) is 0 Å². The Morgan fingerprint density at radius 1 is 1.38 bits per heavy atom. The summed E-state index contributed by atoms with van der Waals surface area (Å²) in [5.41, 5.74) is 0.294. The fraction of sp³-hybridized carbons (Fsp3) is 0.562. The van der Waals surface area contributed by atoms with Crippen LogP contribution in [0, 0.1) is 0 Å². The number of sulfonamides is 1. The molecule has 0 aliphatic carbocycles. The number of rotatable bonds is 6. The number of benzene rings is 1. The normalized spacial score (nSPS) is 17.3. The number of carbonyl (C=O) groups excluding carboxylic acids is 1. The molecule has 8 heteroatoms. The first kappa shape index (κ1) is 18.7. The number of ether oxygens (including phenoxy) is 2. The van der Waals surface area contributed by atoms with Gasteiger partial charge in [-0.3, -0.25) is 4.79 Å². The zero-order chi connectivity index (χ0) is 17.7. The summed E-state index contributed by atoms with van der Waals surface area (Å²) in [6, 6.07) is 4.47. The Morgan fingerprint density at radius 2 is 2.04 bits per heavy atom. The molecular weight excluding hydrogens is 332 g/mol. The van der Waals surface area contributed by atoms with Crippen molar-refractivity contribution in [3.05, 3.63) is 23.8 Å². The Labute approximate surface area is 143 Å². The minimum absolute atomic E-state index is 0.00343. The highest BCUT2D eigenvalue weighted by molar-refractivity contribution is 7.89. The van der Waals surface area contributed by atoms with E-state index in [1.54, 1.807) is 6.07 Å². The second kappa shape index (κ2) is 7.96. The van der Waals surface area contributed by atoms with Gasteiger partial charge in [0.15, 0.2) is 0 Å². The van der Waals surface area contributed by atoms with Crippen LogP contribution in [0.4, 0.5) is 0 Å². The molecule has 1 aromatic rings. The molecule has 0 bridgehead atoms. The zero-order valence-corrected chi connectivity index (χ0v) is 15.1. The van der Waals surface area contributed by atoms with Crippen molar-refractivity contribution in [3.63, 3.8) is 0 Å². The number of carbonyl (C=O) groups is 1. The molecule has 24 heavy (non-hydrogen) atoms. The summed E-state index contributed by atoms with van der Waals surface area (Å²) in [7, 11) is -2.34. The van der Waals surface area contributed by atoms with Gasteiger partial charge in [0.1, 0.15) is 10.6 Å². The van der Waals surface area contributed by atoms with Gasteiger partial charge in [0.2, 0.25) is 10.0 Å². The Kier molecular flexibility index (Phi) is 6.20. The van der Waals surface area contributed by atoms with Crippen LogP contribution in [0.2, 0.25) is 0 Å². The topological polar surface area (TPSA) is 84.9 Å². The maximum atomic E-state index is 12.9. The van der Waals surface area contributed by atoms with Crippen LogP contribution in [0.25, 0.3) is 0 Å². The van der Waals surface area contributed by atoms with E-state index in [0.717, 1.165) is 6.42 Å². The fourth-order valence-corrected chi connectivity index (χ4v) is 3.94. The Hall–Kier alpha value is -1.64. The van der Waals surface area contributed by atoms with Gasteiger partial charge >= 0.3 is 0 Å². The zero-order valence-electron chi connectivity index (χ0n) is 14.2. The maximum absolute atomic E-state index is 12.9. The molecule has 0 aromatic heterocycles. The summed E-state index contributed by atoms with van der Waals surface area (Å²) in [6.07, 6.45) is 0.792. The van der Waals surface area contributed by atoms with E-state index < -0.39 is 10.0 Å². The van der Waals surface area contributed by atoms with Crippen molar-refractivity contribution in [1.82, 2.24) is 9.62 Å². The first-order valence-electron chi connectivity index (χ1n) is 7.97. The van der Waals surface area contributed by atoms with Gasteiger partial charge in [0, 0.05) is 24.7 Å². The third kappa shape index (κ3) is 4.06. The molecule has 1 amide bonds. The second-order valence-corrected chi connectivity index (χ2v) is 7.57. The van der Waals surface area contributed by atoms with Gasteiger partial charge in [-0.05, 0) is 31.5 Å². The molecule has 0 saturated carbocycles. The summed E-state index contributed by atoms with van der Waals surface area (Å²) in [5, 5.41) is 2.83. The molecule has 1 aliphatic heterocycles. The highest BCUT2D eigenvalue weighted by atomic mass is 32.2. The molecule has 1 saturated heterocycles. The molecule has 1 aliphatic rings. The van der Waals surface area contributed by atoms with Crippen molar-refractivity contribution in [3.8, 4) is 5.75 Å². The highest BCUT2D eigenvalue weighted by Crippen LogP contribution is 2.28. The van der Waals surface area contributed by atoms with E-state index in [1.807, 2.05) is 13.8 Å². The van der Waals surface area contributed by atoms with E-state index in [-0.39, 0.29) is 35.7 Å². The lowest BCUT2D eigenvalue weighted by Crippen LogP contribution is -2.40. The molecular formula is C16H24N2O5S. The summed E-state index contributed by atoms with van der Waals surface area (Å²) in [6.45, 7) is 5.15. The summed E-state index contributed by atoms with van der Waals surface area (Å²) >= 11 is 0. The van der Waals surface area contributed by atoms with Crippen LogP contribution < -0.4 is 10.1 Å². The molecule has 1 heterocycles. The van der Waals surface area contributed by atoms with Gasteiger partial charge in [-0.1, -0.05) is 6.92 Å². The predicted molar refractivity (Wildman–Crippen MR) is 89.8 cm³/mol. The number of methoxy groups -OCH3 is 1. The van der Waals surface area contributed by atoms with Crippen molar-refractivity contribution in [2.24, 2.45) is 0 Å². The van der Waals surface area contributed by atoms with Crippen molar-refractivity contribution in [2.75, 3.05) is 33.4 Å². The Balaban J connectivity index is 2.37. The van der Waals surface area contributed by atoms with Crippen LogP contribution in [0.1, 0.15) is 30.6 Å². The van der Waals surface area contributed by atoms with Crippen LogP contribution >= 0.6 is 0 Å². The molecule has 7 nitrogen and oxygen atoms in total. The first-order chi connectivity index (χ1) is 11.4. The predicted octanol–water partition coefficient (Wildman–Crippen LogP) is 1.24. The molecule has 1 fully saturated rings. The minimum atomic E-state index is -3.75. The Morgan fingerprint density at radius 3 is 2.62 bits per heavy atom. The number of hydrogen-bond donors (Lipinski definition) is 1. The molecule has 1 aromatic carbocycles. The third-order valence-corrected chi connectivity index (χ3v) is 5.92. The largest absolute Gasteiger partial charge is 0.495 e. The lowest BCUT2D eigenvalue weighted by molar-refractivity contribution is 0.0729. The quantitative estimate of drug-likeness (QED) is 0.829. The van der Waals surface area contributed by atoms with E-state index >= 15 is 0 Å². The van der Waals surface area contributed by atoms with Crippen molar-refractivity contribution in [2.45, 2.75) is 31.2 Å². The lowest BCUT2D eigenvalue weighted by atomic mass is 10.2. The van der Waals surface area contributed by atoms with Crippen LogP contribution in [0.3, 0.4) is 0 Å². The molecule has 1 atom stereocenters. The van der Waals surface area contributed by atoms with Gasteiger partial charge in [-0.15, -0.1) is 0 Å². The van der Waals surface area contributed by atoms with E-state index in [0.29, 0.717) is 18.8 Å². The first-order valence-corrected chi connectivity index (χ1v) is 9.41. The van der Waals surface area contributed by atoms with Crippen LogP contribution in [0.15, 0.2) is 23.1 Å². The molecule has 0 spiro atoms. The van der Waals surface area contributed by atoms with E-state index in [4.69, 9.17) is 9.47 Å². The average Bonchev–Trinajstić information content (AvgIpc) is 2.61. The second-order valence-electron chi connectivity index (χ2n) is 5.66. The van der Waals surface area contributed by atoms with Crippen LogP contribution in [0.5, 0.6) is 5.75 Å². The molecule has 2 rings (SSSR count). The number of morpholine rings is 1. The van der Waals surface area contributed by atoms with Crippen molar-refractivity contribution >= 4 is 15.9 Å². The van der Waals surface area contributed by atoms with Gasteiger partial charge in [-0.25, -0.2) is 8.42 Å². The number of hydrogen-bond acceptors (Lipinski definition) is 5. The average molecular weight is 356 g/mol. The monoisotopic (exact) mass is 356 g/mol. The fourth-order valence-electron chi connectivity index (χ4n) is 2.35. The highest BCUT2D eigenvalue weighted by Gasteiger charge is 2.30. The number of amides is 1. The molecule has 0 unspecified atom stereocenters. The minimum Gasteiger partial charge on any atom is -0.495 e. The van der Waals surface area contributed by atoms with Crippen LogP contribution in [-0.4, -0.2) is 58.1 Å². The van der Waals surface area contributed by atoms with Crippen molar-refractivity contribution < 1.29 is 22.7 Å². The van der Waals surface area contributed by atoms with E-state index in [1.165, 1.54) is 23.5 Å². The molecule has 1 N–H and O–H groups in total. The third-order valence-electron chi connectivity index (χ3n) is 4.00. The van der Waals surface area contributed by atoms with Gasteiger partial charge < -0.3 is 14.8 Å². The van der Waals surface area contributed by atoms with E-state index in [2.05, 4.69) is 5.32 Å². The summed E-state index contributed by atoms with van der Waals surface area (Å²) in [4.78, 5) is 12.3. The number of nitrogens with zero attached hydrogens (tertiary/aromatic N) is 1. The summed E-state index contributed by atoms with van der Waals surface area (Å²) < 4.78 is 37.5. The SMILES string of the molecule is CC[C@@H](C)NC(=O)c1ccc(OC)c(S(=O)(=O)N2CCOCC2)c1. The molecule has 0 radical (unpaired) electrons. The summed E-state index contributed by atoms with van der Waals surface area (Å²) in [5.74, 6) is -0.0768. The maximum Gasteiger partial charge on any atom is 0.251 e. The standard InChI is InChI=1S/C16H24N2O5S/c1-4-12(2)17-16(19)13-5-6-14(22-3)15(11-13)24(20,21)18-7-9-23-10-8-18/h5-6,11-12H,4,7-10H2,1-3H3,(H,17,19)/t12-/m1/s1. The molecule has 134 valence electrons. The van der Waals surface area contributed by atoms with Gasteiger partial charge in [0.05, 0.1) is 20.3 Å².